The van der Waals surface area contributed by atoms with Gasteiger partial charge in [-0.2, -0.15) is 0 Å². The molecule has 0 bridgehead atoms. The van der Waals surface area contributed by atoms with E-state index in [1.807, 2.05) is 31.2 Å². The van der Waals surface area contributed by atoms with Gasteiger partial charge in [0, 0.05) is 22.8 Å². The molecule has 1 saturated heterocycles. The van der Waals surface area contributed by atoms with Crippen molar-refractivity contribution in [2.24, 2.45) is 0 Å². The number of rotatable bonds is 5. The van der Waals surface area contributed by atoms with Crippen molar-refractivity contribution in [3.63, 3.8) is 0 Å². The van der Waals surface area contributed by atoms with E-state index < -0.39 is 25.9 Å². The van der Waals surface area contributed by atoms with Crippen LogP contribution in [0.4, 0.5) is 5.69 Å². The SMILES string of the molecule is Cc1cc(C(=O)Nc2ccc(S(=O)(=O)NC3CCS(=O)(=O)C3)cc2)c2ccccc2n1. The molecule has 1 atom stereocenters. The van der Waals surface area contributed by atoms with Crippen molar-refractivity contribution in [2.75, 3.05) is 16.8 Å². The molecule has 1 aliphatic heterocycles. The second-order valence-electron chi connectivity index (χ2n) is 7.53. The molecule has 2 aromatic carbocycles. The highest BCUT2D eigenvalue weighted by Crippen LogP contribution is 2.21. The van der Waals surface area contributed by atoms with Gasteiger partial charge in [0.25, 0.3) is 5.91 Å². The fourth-order valence-corrected chi connectivity index (χ4v) is 6.64. The summed E-state index contributed by atoms with van der Waals surface area (Å²) in [6.07, 6.45) is 0.259. The monoisotopic (exact) mass is 459 g/mol. The van der Waals surface area contributed by atoms with Gasteiger partial charge in [0.15, 0.2) is 9.84 Å². The number of hydrogen-bond donors (Lipinski definition) is 2. The molecule has 4 rings (SSSR count). The summed E-state index contributed by atoms with van der Waals surface area (Å²) in [7, 11) is -7.06. The van der Waals surface area contributed by atoms with Gasteiger partial charge in [0.1, 0.15) is 0 Å². The zero-order valence-corrected chi connectivity index (χ0v) is 18.3. The van der Waals surface area contributed by atoms with E-state index in [0.29, 0.717) is 22.5 Å². The Balaban J connectivity index is 1.51. The zero-order valence-electron chi connectivity index (χ0n) is 16.7. The molecule has 0 radical (unpaired) electrons. The summed E-state index contributed by atoms with van der Waals surface area (Å²) in [6, 6.07) is 14.1. The third-order valence-electron chi connectivity index (χ3n) is 5.07. The molecule has 1 fully saturated rings. The van der Waals surface area contributed by atoms with Crippen LogP contribution in [0.1, 0.15) is 22.5 Å². The number of nitrogens with zero attached hydrogens (tertiary/aromatic N) is 1. The number of fused-ring (bicyclic) bond motifs is 1. The maximum atomic E-state index is 12.8. The Morgan fingerprint density at radius 2 is 1.81 bits per heavy atom. The summed E-state index contributed by atoms with van der Waals surface area (Å²) in [6.45, 7) is 1.81. The molecule has 2 heterocycles. The highest BCUT2D eigenvalue weighted by atomic mass is 32.2. The van der Waals surface area contributed by atoms with Crippen molar-refractivity contribution in [2.45, 2.75) is 24.3 Å². The van der Waals surface area contributed by atoms with Crippen LogP contribution in [-0.2, 0) is 19.9 Å². The van der Waals surface area contributed by atoms with Crippen molar-refractivity contribution >= 4 is 42.4 Å². The molecular formula is C21H21N3O5S2. The molecule has 162 valence electrons. The normalized spacial score (nSPS) is 18.2. The Hall–Kier alpha value is -2.82. The summed E-state index contributed by atoms with van der Waals surface area (Å²) in [4.78, 5) is 17.3. The van der Waals surface area contributed by atoms with Crippen LogP contribution in [0.3, 0.4) is 0 Å². The van der Waals surface area contributed by atoms with Crippen molar-refractivity contribution in [3.8, 4) is 0 Å². The minimum atomic E-state index is -3.86. The predicted molar refractivity (Wildman–Crippen MR) is 118 cm³/mol. The molecule has 3 aromatic rings. The number of amides is 1. The molecule has 2 N–H and O–H groups in total. The summed E-state index contributed by atoms with van der Waals surface area (Å²) >= 11 is 0. The lowest BCUT2D eigenvalue weighted by Crippen LogP contribution is -2.35. The van der Waals surface area contributed by atoms with Crippen molar-refractivity contribution in [3.05, 3.63) is 65.9 Å². The van der Waals surface area contributed by atoms with Gasteiger partial charge in [-0.05, 0) is 49.7 Å². The third kappa shape index (κ3) is 4.76. The van der Waals surface area contributed by atoms with E-state index in [0.717, 1.165) is 5.39 Å². The Labute approximate surface area is 180 Å². The van der Waals surface area contributed by atoms with Crippen LogP contribution in [0, 0.1) is 6.92 Å². The Kier molecular flexibility index (Phi) is 5.54. The Bertz CT molecular complexity index is 1370. The maximum Gasteiger partial charge on any atom is 0.256 e. The highest BCUT2D eigenvalue weighted by molar-refractivity contribution is 7.92. The zero-order chi connectivity index (χ0) is 22.2. The first-order valence-corrected chi connectivity index (χ1v) is 12.9. The number of carbonyl (C=O) groups is 1. The van der Waals surface area contributed by atoms with Gasteiger partial charge in [0.2, 0.25) is 10.0 Å². The van der Waals surface area contributed by atoms with E-state index in [1.54, 1.807) is 6.07 Å². The lowest BCUT2D eigenvalue weighted by molar-refractivity contribution is 0.102. The molecule has 10 heteroatoms. The maximum absolute atomic E-state index is 12.8. The van der Waals surface area contributed by atoms with Gasteiger partial charge in [-0.25, -0.2) is 21.6 Å². The molecule has 0 aliphatic carbocycles. The third-order valence-corrected chi connectivity index (χ3v) is 8.37. The summed E-state index contributed by atoms with van der Waals surface area (Å²) in [5.41, 5.74) is 2.34. The first kappa shape index (κ1) is 21.4. The topological polar surface area (TPSA) is 122 Å². The first-order chi connectivity index (χ1) is 14.6. The molecule has 31 heavy (non-hydrogen) atoms. The second kappa shape index (κ2) is 8.03. The largest absolute Gasteiger partial charge is 0.322 e. The number of sulfonamides is 1. The molecule has 1 aromatic heterocycles. The summed E-state index contributed by atoms with van der Waals surface area (Å²) < 4.78 is 50.6. The van der Waals surface area contributed by atoms with E-state index in [-0.39, 0.29) is 28.7 Å². The minimum absolute atomic E-state index is 0.00000212. The van der Waals surface area contributed by atoms with Crippen molar-refractivity contribution < 1.29 is 21.6 Å². The lowest BCUT2D eigenvalue weighted by atomic mass is 10.1. The number of aryl methyl sites for hydroxylation is 1. The van der Waals surface area contributed by atoms with Crippen LogP contribution in [-0.4, -0.2) is 45.3 Å². The van der Waals surface area contributed by atoms with Gasteiger partial charge in [0.05, 0.1) is 27.5 Å². The number of aromatic nitrogens is 1. The summed E-state index contributed by atoms with van der Waals surface area (Å²) in [5.74, 6) is -0.542. The van der Waals surface area contributed by atoms with E-state index >= 15 is 0 Å². The van der Waals surface area contributed by atoms with Crippen LogP contribution in [0.5, 0.6) is 0 Å². The fourth-order valence-electron chi connectivity index (χ4n) is 3.59. The van der Waals surface area contributed by atoms with Crippen molar-refractivity contribution in [1.82, 2.24) is 9.71 Å². The number of nitrogens with one attached hydrogen (secondary N) is 2. The number of hydrogen-bond acceptors (Lipinski definition) is 6. The Morgan fingerprint density at radius 3 is 2.48 bits per heavy atom. The Morgan fingerprint density at radius 1 is 1.10 bits per heavy atom. The molecular weight excluding hydrogens is 438 g/mol. The highest BCUT2D eigenvalue weighted by Gasteiger charge is 2.31. The quantitative estimate of drug-likeness (QED) is 0.603. The van der Waals surface area contributed by atoms with Gasteiger partial charge in [-0.15, -0.1) is 0 Å². The van der Waals surface area contributed by atoms with E-state index in [1.165, 1.54) is 24.3 Å². The van der Waals surface area contributed by atoms with Gasteiger partial charge in [-0.1, -0.05) is 18.2 Å². The molecule has 1 amide bonds. The average Bonchev–Trinajstić information content (AvgIpc) is 3.05. The van der Waals surface area contributed by atoms with Gasteiger partial charge in [-0.3, -0.25) is 9.78 Å². The van der Waals surface area contributed by atoms with Crippen LogP contribution in [0.2, 0.25) is 0 Å². The molecule has 0 spiro atoms. The fraction of sp³-hybridized carbons (Fsp3) is 0.238. The molecule has 1 unspecified atom stereocenters. The molecule has 0 saturated carbocycles. The lowest BCUT2D eigenvalue weighted by Gasteiger charge is -2.12. The number of anilines is 1. The molecule has 8 nitrogen and oxygen atoms in total. The smallest absolute Gasteiger partial charge is 0.256 e. The van der Waals surface area contributed by atoms with Crippen molar-refractivity contribution in [1.29, 1.82) is 0 Å². The van der Waals surface area contributed by atoms with Crippen LogP contribution in [0.25, 0.3) is 10.9 Å². The number of benzene rings is 2. The average molecular weight is 460 g/mol. The van der Waals surface area contributed by atoms with Gasteiger partial charge < -0.3 is 5.32 Å². The van der Waals surface area contributed by atoms with E-state index in [9.17, 15) is 21.6 Å². The standard InChI is InChI=1S/C21H21N3O5S2/c1-14-12-19(18-4-2-3-5-20(18)22-14)21(25)23-15-6-8-17(9-7-15)31(28,29)24-16-10-11-30(26,27)13-16/h2-9,12,16,24H,10-11,13H2,1H3,(H,23,25). The van der Waals surface area contributed by atoms with E-state index in [2.05, 4.69) is 15.0 Å². The predicted octanol–water partition coefficient (Wildman–Crippen LogP) is 2.26. The first-order valence-electron chi connectivity index (χ1n) is 9.63. The molecule has 1 aliphatic rings. The number of sulfone groups is 1. The number of pyridine rings is 1. The van der Waals surface area contributed by atoms with E-state index in [4.69, 9.17) is 0 Å². The van der Waals surface area contributed by atoms with Gasteiger partial charge >= 0.3 is 0 Å². The second-order valence-corrected chi connectivity index (χ2v) is 11.5. The minimum Gasteiger partial charge on any atom is -0.322 e. The van der Waals surface area contributed by atoms with Crippen LogP contribution >= 0.6 is 0 Å². The number of carbonyl (C=O) groups excluding carboxylic acids is 1. The number of para-hydroxylation sites is 1. The van der Waals surface area contributed by atoms with Crippen LogP contribution in [0.15, 0.2) is 59.5 Å². The summed E-state index contributed by atoms with van der Waals surface area (Å²) in [5, 5.41) is 3.50. The van der Waals surface area contributed by atoms with Crippen LogP contribution < -0.4 is 10.0 Å².